The van der Waals surface area contributed by atoms with Gasteiger partial charge in [-0.1, -0.05) is 43.0 Å². The molecule has 1 amide bonds. The van der Waals surface area contributed by atoms with Gasteiger partial charge in [-0.15, -0.1) is 16.8 Å². The molecular formula is C15H21N3OS2. The number of anilines is 1. The number of aromatic nitrogens is 2. The molecule has 0 radical (unpaired) electrons. The number of rotatable bonds is 5. The van der Waals surface area contributed by atoms with Gasteiger partial charge in [-0.05, 0) is 36.5 Å². The number of carbonyl (C=O) groups is 1. The lowest BCUT2D eigenvalue weighted by molar-refractivity contribution is -0.144. The van der Waals surface area contributed by atoms with Crippen LogP contribution in [0.1, 0.15) is 39.5 Å². The number of hydrogen-bond donors (Lipinski definition) is 1. The van der Waals surface area contributed by atoms with E-state index in [4.69, 9.17) is 0 Å². The monoisotopic (exact) mass is 323 g/mol. The van der Waals surface area contributed by atoms with Gasteiger partial charge < -0.3 is 5.32 Å². The molecule has 2 fully saturated rings. The topological polar surface area (TPSA) is 54.9 Å². The van der Waals surface area contributed by atoms with Gasteiger partial charge in [0.1, 0.15) is 0 Å². The Morgan fingerprint density at radius 1 is 1.48 bits per heavy atom. The van der Waals surface area contributed by atoms with E-state index in [1.807, 2.05) is 6.08 Å². The van der Waals surface area contributed by atoms with Gasteiger partial charge in [-0.2, -0.15) is 0 Å². The highest BCUT2D eigenvalue weighted by atomic mass is 32.2. The molecule has 0 saturated heterocycles. The average molecular weight is 323 g/mol. The molecule has 2 aliphatic carbocycles. The van der Waals surface area contributed by atoms with Crippen LogP contribution in [-0.4, -0.2) is 21.9 Å². The Morgan fingerprint density at radius 3 is 2.81 bits per heavy atom. The van der Waals surface area contributed by atoms with Gasteiger partial charge in [0.15, 0.2) is 4.34 Å². The summed E-state index contributed by atoms with van der Waals surface area (Å²) in [4.78, 5) is 12.2. The minimum atomic E-state index is 0.113. The third-order valence-corrected chi connectivity index (χ3v) is 6.37. The van der Waals surface area contributed by atoms with E-state index in [0.29, 0.717) is 16.0 Å². The van der Waals surface area contributed by atoms with Crippen molar-refractivity contribution in [2.75, 3.05) is 11.1 Å². The second-order valence-electron chi connectivity index (χ2n) is 7.08. The van der Waals surface area contributed by atoms with Crippen LogP contribution in [-0.2, 0) is 4.79 Å². The molecule has 1 aromatic rings. The van der Waals surface area contributed by atoms with E-state index in [0.717, 1.165) is 22.9 Å². The zero-order valence-corrected chi connectivity index (χ0v) is 14.1. The zero-order valence-electron chi connectivity index (χ0n) is 12.5. The maximum absolute atomic E-state index is 12.2. The predicted octanol–water partition coefficient (Wildman–Crippen LogP) is 3.97. The molecule has 2 saturated carbocycles. The first-order chi connectivity index (χ1) is 9.91. The summed E-state index contributed by atoms with van der Waals surface area (Å²) in [5.74, 6) is 1.08. The number of thioether (sulfide) groups is 1. The van der Waals surface area contributed by atoms with Crippen LogP contribution in [0.3, 0.4) is 0 Å². The van der Waals surface area contributed by atoms with E-state index >= 15 is 0 Å². The Kier molecular flexibility index (Phi) is 3.86. The lowest BCUT2D eigenvalue weighted by Crippen LogP contribution is -2.53. The van der Waals surface area contributed by atoms with Crippen LogP contribution in [0.25, 0.3) is 0 Å². The molecule has 1 spiro atoms. The standard InChI is InChI=1S/C15H21N3OS2/c1-4-5-20-13-18-17-12(21-13)16-11(19)10-6-15(7-10)8-14(2,3)9-15/h4,10H,1,5-9H2,2-3H3,(H,16,17,19). The lowest BCUT2D eigenvalue weighted by Gasteiger charge is -2.61. The van der Waals surface area contributed by atoms with E-state index in [1.165, 1.54) is 24.2 Å². The van der Waals surface area contributed by atoms with Crippen molar-refractivity contribution in [2.45, 2.75) is 43.9 Å². The maximum atomic E-state index is 12.2. The molecule has 0 aromatic carbocycles. The van der Waals surface area contributed by atoms with Gasteiger partial charge in [0, 0.05) is 11.7 Å². The summed E-state index contributed by atoms with van der Waals surface area (Å²) >= 11 is 3.02. The molecule has 1 N–H and O–H groups in total. The molecule has 1 aromatic heterocycles. The Labute approximate surface area is 133 Å². The lowest BCUT2D eigenvalue weighted by atomic mass is 9.43. The highest BCUT2D eigenvalue weighted by Crippen LogP contribution is 2.66. The average Bonchev–Trinajstić information content (AvgIpc) is 2.77. The molecular weight excluding hydrogens is 302 g/mol. The summed E-state index contributed by atoms with van der Waals surface area (Å²) in [6.07, 6.45) is 6.45. The van der Waals surface area contributed by atoms with Crippen LogP contribution >= 0.6 is 23.1 Å². The fourth-order valence-electron chi connectivity index (χ4n) is 4.09. The summed E-state index contributed by atoms with van der Waals surface area (Å²) < 4.78 is 0.871. The molecule has 21 heavy (non-hydrogen) atoms. The number of nitrogens with zero attached hydrogens (tertiary/aromatic N) is 2. The highest BCUT2D eigenvalue weighted by Gasteiger charge is 2.57. The third kappa shape index (κ3) is 3.16. The summed E-state index contributed by atoms with van der Waals surface area (Å²) in [5.41, 5.74) is 0.954. The van der Waals surface area contributed by atoms with Crippen molar-refractivity contribution >= 4 is 34.1 Å². The van der Waals surface area contributed by atoms with Crippen molar-refractivity contribution in [2.24, 2.45) is 16.7 Å². The molecule has 4 nitrogen and oxygen atoms in total. The van der Waals surface area contributed by atoms with Crippen LogP contribution in [0.4, 0.5) is 5.13 Å². The van der Waals surface area contributed by atoms with Gasteiger partial charge in [0.2, 0.25) is 11.0 Å². The quantitative estimate of drug-likeness (QED) is 0.506. The first-order valence-electron chi connectivity index (χ1n) is 7.30. The van der Waals surface area contributed by atoms with Crippen molar-refractivity contribution in [3.05, 3.63) is 12.7 Å². The molecule has 6 heteroatoms. The minimum Gasteiger partial charge on any atom is -0.300 e. The predicted molar refractivity (Wildman–Crippen MR) is 87.6 cm³/mol. The fourth-order valence-corrected chi connectivity index (χ4v) is 5.61. The Morgan fingerprint density at radius 2 is 2.19 bits per heavy atom. The number of carbonyl (C=O) groups excluding carboxylic acids is 1. The van der Waals surface area contributed by atoms with Gasteiger partial charge in [-0.3, -0.25) is 4.79 Å². The Balaban J connectivity index is 1.47. The summed E-state index contributed by atoms with van der Waals surface area (Å²) in [6.45, 7) is 8.31. The summed E-state index contributed by atoms with van der Waals surface area (Å²) in [7, 11) is 0. The Bertz CT molecular complexity index is 551. The third-order valence-electron chi connectivity index (χ3n) is 4.40. The van der Waals surface area contributed by atoms with Crippen molar-refractivity contribution in [3.8, 4) is 0 Å². The first-order valence-corrected chi connectivity index (χ1v) is 9.10. The van der Waals surface area contributed by atoms with E-state index in [9.17, 15) is 4.79 Å². The van der Waals surface area contributed by atoms with E-state index < -0.39 is 0 Å². The number of amides is 1. The smallest absolute Gasteiger partial charge is 0.229 e. The van der Waals surface area contributed by atoms with Gasteiger partial charge in [0.25, 0.3) is 0 Å². The zero-order chi connectivity index (χ0) is 15.1. The molecule has 114 valence electrons. The Hall–Kier alpha value is -0.880. The normalized spacial score (nSPS) is 22.4. The van der Waals surface area contributed by atoms with Crippen molar-refractivity contribution in [1.82, 2.24) is 10.2 Å². The molecule has 3 rings (SSSR count). The molecule has 0 atom stereocenters. The highest BCUT2D eigenvalue weighted by molar-refractivity contribution is 8.01. The van der Waals surface area contributed by atoms with Crippen LogP contribution in [0.5, 0.6) is 0 Å². The van der Waals surface area contributed by atoms with Crippen molar-refractivity contribution in [3.63, 3.8) is 0 Å². The largest absolute Gasteiger partial charge is 0.300 e. The fraction of sp³-hybridized carbons (Fsp3) is 0.667. The number of hydrogen-bond acceptors (Lipinski definition) is 5. The summed E-state index contributed by atoms with van der Waals surface area (Å²) in [6, 6.07) is 0. The molecule has 2 aliphatic rings. The number of nitrogens with one attached hydrogen (secondary N) is 1. The minimum absolute atomic E-state index is 0.113. The molecule has 0 aliphatic heterocycles. The van der Waals surface area contributed by atoms with Crippen molar-refractivity contribution < 1.29 is 4.79 Å². The van der Waals surface area contributed by atoms with Gasteiger partial charge in [0.05, 0.1) is 0 Å². The van der Waals surface area contributed by atoms with Crippen LogP contribution in [0.2, 0.25) is 0 Å². The van der Waals surface area contributed by atoms with Crippen LogP contribution in [0, 0.1) is 16.7 Å². The molecule has 0 unspecified atom stereocenters. The van der Waals surface area contributed by atoms with Crippen LogP contribution < -0.4 is 5.32 Å². The van der Waals surface area contributed by atoms with Gasteiger partial charge in [-0.25, -0.2) is 0 Å². The summed E-state index contributed by atoms with van der Waals surface area (Å²) in [5, 5.41) is 11.6. The van der Waals surface area contributed by atoms with E-state index in [2.05, 4.69) is 35.9 Å². The molecule has 0 bridgehead atoms. The van der Waals surface area contributed by atoms with Gasteiger partial charge >= 0.3 is 0 Å². The van der Waals surface area contributed by atoms with E-state index in [-0.39, 0.29) is 11.8 Å². The maximum Gasteiger partial charge on any atom is 0.229 e. The van der Waals surface area contributed by atoms with Crippen molar-refractivity contribution in [1.29, 1.82) is 0 Å². The second-order valence-corrected chi connectivity index (χ2v) is 9.33. The molecule has 1 heterocycles. The first kappa shape index (κ1) is 15.0. The SMILES string of the molecule is C=CCSc1nnc(NC(=O)C2CC3(C2)CC(C)(C)C3)s1. The second kappa shape index (κ2) is 5.39. The van der Waals surface area contributed by atoms with Crippen LogP contribution in [0.15, 0.2) is 17.0 Å². The van der Waals surface area contributed by atoms with E-state index in [1.54, 1.807) is 11.8 Å².